The number of sulfonamides is 1. The summed E-state index contributed by atoms with van der Waals surface area (Å²) in [6.45, 7) is 3.27. The average Bonchev–Trinajstić information content (AvgIpc) is 2.43. The molecule has 0 spiro atoms. The third kappa shape index (κ3) is 3.75. The lowest BCUT2D eigenvalue weighted by Gasteiger charge is -2.38. The molecule has 1 saturated carbocycles. The van der Waals surface area contributed by atoms with Crippen LogP contribution in [0.3, 0.4) is 0 Å². The maximum Gasteiger partial charge on any atom is 0.244 e. The Morgan fingerprint density at radius 2 is 2.05 bits per heavy atom. The summed E-state index contributed by atoms with van der Waals surface area (Å²) in [5.41, 5.74) is 1.09. The van der Waals surface area contributed by atoms with Crippen molar-refractivity contribution in [1.82, 2.24) is 10.0 Å². The van der Waals surface area contributed by atoms with Crippen LogP contribution in [0.15, 0.2) is 23.1 Å². The molecule has 21 heavy (non-hydrogen) atoms. The van der Waals surface area contributed by atoms with Gasteiger partial charge in [-0.1, -0.05) is 19.4 Å². The number of methoxy groups -OCH3 is 1. The molecule has 0 radical (unpaired) electrons. The van der Waals surface area contributed by atoms with E-state index in [4.69, 9.17) is 4.74 Å². The van der Waals surface area contributed by atoms with Crippen LogP contribution in [0, 0.1) is 5.41 Å². The van der Waals surface area contributed by atoms with Crippen molar-refractivity contribution in [2.24, 2.45) is 5.41 Å². The third-order valence-electron chi connectivity index (χ3n) is 4.15. The monoisotopic (exact) mass is 312 g/mol. The molecule has 0 saturated heterocycles. The molecule has 118 valence electrons. The van der Waals surface area contributed by atoms with Gasteiger partial charge in [-0.2, -0.15) is 0 Å². The summed E-state index contributed by atoms with van der Waals surface area (Å²) >= 11 is 0. The lowest BCUT2D eigenvalue weighted by Crippen LogP contribution is -2.40. The van der Waals surface area contributed by atoms with Crippen LogP contribution in [0.1, 0.15) is 31.7 Å². The number of hydrogen-bond donors (Lipinski definition) is 2. The molecule has 1 aliphatic rings. The zero-order valence-electron chi connectivity index (χ0n) is 12.9. The van der Waals surface area contributed by atoms with Crippen LogP contribution in [0.5, 0.6) is 5.75 Å². The molecular weight excluding hydrogens is 288 g/mol. The first-order valence-electron chi connectivity index (χ1n) is 7.21. The molecule has 0 bridgehead atoms. The molecular formula is C15H24N2O3S. The first-order valence-corrected chi connectivity index (χ1v) is 8.70. The van der Waals surface area contributed by atoms with Crippen molar-refractivity contribution >= 4 is 10.0 Å². The SMILES string of the molecule is CNCc1ccc(S(=O)(=O)NCC2(C)CCC2)c(OC)c1. The van der Waals surface area contributed by atoms with Crippen molar-refractivity contribution in [3.8, 4) is 5.75 Å². The quantitative estimate of drug-likeness (QED) is 0.807. The Bertz CT molecular complexity index is 595. The average molecular weight is 312 g/mol. The largest absolute Gasteiger partial charge is 0.495 e. The van der Waals surface area contributed by atoms with Crippen molar-refractivity contribution in [3.05, 3.63) is 23.8 Å². The van der Waals surface area contributed by atoms with Crippen LogP contribution in [0.4, 0.5) is 0 Å². The Kier molecular flexibility index (Phi) is 4.91. The highest BCUT2D eigenvalue weighted by atomic mass is 32.2. The Morgan fingerprint density at radius 1 is 1.33 bits per heavy atom. The van der Waals surface area contributed by atoms with Crippen LogP contribution in [-0.2, 0) is 16.6 Å². The van der Waals surface area contributed by atoms with Crippen molar-refractivity contribution in [3.63, 3.8) is 0 Å². The summed E-state index contributed by atoms with van der Waals surface area (Å²) in [4.78, 5) is 0.202. The van der Waals surface area contributed by atoms with Crippen LogP contribution in [0.25, 0.3) is 0 Å². The molecule has 0 unspecified atom stereocenters. The maximum atomic E-state index is 12.5. The minimum absolute atomic E-state index is 0.104. The molecule has 1 fully saturated rings. The summed E-state index contributed by atoms with van der Waals surface area (Å²) in [5, 5.41) is 3.03. The maximum absolute atomic E-state index is 12.5. The Labute approximate surface area is 127 Å². The Hall–Kier alpha value is -1.11. The van der Waals surface area contributed by atoms with Gasteiger partial charge in [0.25, 0.3) is 0 Å². The Balaban J connectivity index is 2.18. The second-order valence-electron chi connectivity index (χ2n) is 6.00. The van der Waals surface area contributed by atoms with E-state index in [9.17, 15) is 8.42 Å². The first-order chi connectivity index (χ1) is 9.90. The van der Waals surface area contributed by atoms with Crippen LogP contribution >= 0.6 is 0 Å². The van der Waals surface area contributed by atoms with Gasteiger partial charge < -0.3 is 10.1 Å². The highest BCUT2D eigenvalue weighted by Crippen LogP contribution is 2.39. The standard InChI is InChI=1S/C15H24N2O3S/c1-15(7-4-8-15)11-17-21(18,19)14-6-5-12(10-16-2)9-13(14)20-3/h5-6,9,16-17H,4,7-8,10-11H2,1-3H3. The molecule has 6 heteroatoms. The predicted octanol–water partition coefficient (Wildman–Crippen LogP) is 1.88. The van der Waals surface area contributed by atoms with Gasteiger partial charge in [0.2, 0.25) is 10.0 Å². The molecule has 0 heterocycles. The Morgan fingerprint density at radius 3 is 2.57 bits per heavy atom. The second kappa shape index (κ2) is 6.34. The van der Waals surface area contributed by atoms with E-state index in [1.54, 1.807) is 18.2 Å². The van der Waals surface area contributed by atoms with Gasteiger partial charge in [0, 0.05) is 13.1 Å². The summed E-state index contributed by atoms with van der Waals surface area (Å²) in [6, 6.07) is 5.17. The molecule has 2 N–H and O–H groups in total. The summed E-state index contributed by atoms with van der Waals surface area (Å²) < 4.78 is 32.9. The van der Waals surface area contributed by atoms with Gasteiger partial charge in [-0.25, -0.2) is 13.1 Å². The molecule has 0 aromatic heterocycles. The lowest BCUT2D eigenvalue weighted by molar-refractivity contribution is 0.166. The van der Waals surface area contributed by atoms with E-state index < -0.39 is 10.0 Å². The molecule has 1 aliphatic carbocycles. The predicted molar refractivity (Wildman–Crippen MR) is 82.9 cm³/mol. The normalized spacial score (nSPS) is 17.3. The van der Waals surface area contributed by atoms with E-state index in [2.05, 4.69) is 17.0 Å². The molecule has 1 aromatic rings. The van der Waals surface area contributed by atoms with Gasteiger partial charge in [-0.05, 0) is 43.0 Å². The van der Waals surface area contributed by atoms with Gasteiger partial charge in [-0.3, -0.25) is 0 Å². The van der Waals surface area contributed by atoms with E-state index in [0.717, 1.165) is 18.4 Å². The van der Waals surface area contributed by atoms with Crippen molar-refractivity contribution < 1.29 is 13.2 Å². The van der Waals surface area contributed by atoms with Gasteiger partial charge in [0.05, 0.1) is 7.11 Å². The van der Waals surface area contributed by atoms with Crippen LogP contribution in [-0.4, -0.2) is 29.1 Å². The number of hydrogen-bond acceptors (Lipinski definition) is 4. The fraction of sp³-hybridized carbons (Fsp3) is 0.600. The van der Waals surface area contributed by atoms with E-state index in [1.165, 1.54) is 13.5 Å². The third-order valence-corrected chi connectivity index (χ3v) is 5.59. The van der Waals surface area contributed by atoms with Crippen LogP contribution in [0.2, 0.25) is 0 Å². The molecule has 5 nitrogen and oxygen atoms in total. The van der Waals surface area contributed by atoms with Crippen LogP contribution < -0.4 is 14.8 Å². The zero-order chi connectivity index (χ0) is 15.5. The lowest BCUT2D eigenvalue weighted by atomic mass is 9.71. The van der Waals surface area contributed by atoms with E-state index in [1.807, 2.05) is 7.05 Å². The fourth-order valence-corrected chi connectivity index (χ4v) is 3.90. The number of ether oxygens (including phenoxy) is 1. The number of rotatable bonds is 7. The van der Waals surface area contributed by atoms with Crippen molar-refractivity contribution in [1.29, 1.82) is 0 Å². The van der Waals surface area contributed by atoms with Gasteiger partial charge in [-0.15, -0.1) is 0 Å². The van der Waals surface area contributed by atoms with Crippen molar-refractivity contribution in [2.75, 3.05) is 20.7 Å². The molecule has 0 amide bonds. The summed E-state index contributed by atoms with van der Waals surface area (Å²) in [5.74, 6) is 0.383. The summed E-state index contributed by atoms with van der Waals surface area (Å²) in [6.07, 6.45) is 3.34. The molecule has 2 rings (SSSR count). The van der Waals surface area contributed by atoms with Gasteiger partial charge >= 0.3 is 0 Å². The highest BCUT2D eigenvalue weighted by Gasteiger charge is 2.33. The molecule has 0 atom stereocenters. The summed E-state index contributed by atoms with van der Waals surface area (Å²) in [7, 11) is -0.203. The first kappa shape index (κ1) is 16.3. The van der Waals surface area contributed by atoms with Crippen molar-refractivity contribution in [2.45, 2.75) is 37.6 Å². The number of nitrogens with one attached hydrogen (secondary N) is 2. The fourth-order valence-electron chi connectivity index (χ4n) is 2.55. The molecule has 0 aliphatic heterocycles. The van der Waals surface area contributed by atoms with E-state index in [-0.39, 0.29) is 10.3 Å². The number of benzene rings is 1. The topological polar surface area (TPSA) is 67.4 Å². The minimum atomic E-state index is -3.54. The van der Waals surface area contributed by atoms with E-state index in [0.29, 0.717) is 18.8 Å². The van der Waals surface area contributed by atoms with E-state index >= 15 is 0 Å². The minimum Gasteiger partial charge on any atom is -0.495 e. The molecule has 1 aromatic carbocycles. The second-order valence-corrected chi connectivity index (χ2v) is 7.74. The van der Waals surface area contributed by atoms with Gasteiger partial charge in [0.15, 0.2) is 0 Å². The highest BCUT2D eigenvalue weighted by molar-refractivity contribution is 7.89. The smallest absolute Gasteiger partial charge is 0.244 e. The van der Waals surface area contributed by atoms with Gasteiger partial charge in [0.1, 0.15) is 10.6 Å². The zero-order valence-corrected chi connectivity index (χ0v) is 13.7.